The van der Waals surface area contributed by atoms with Gasteiger partial charge in [-0.05, 0) is 6.42 Å². The van der Waals surface area contributed by atoms with Gasteiger partial charge in [0.05, 0.1) is 5.41 Å². The van der Waals surface area contributed by atoms with E-state index in [1.54, 1.807) is 6.08 Å². The lowest BCUT2D eigenvalue weighted by Gasteiger charge is -2.32. The van der Waals surface area contributed by atoms with Crippen molar-refractivity contribution in [2.45, 2.75) is 12.6 Å². The van der Waals surface area contributed by atoms with Gasteiger partial charge in [0.25, 0.3) is 0 Å². The maximum absolute atomic E-state index is 12.6. The standard InChI is InChI=1S/C8H7Br2F3/c9-5-7(8(11,12)13)3-1-2-6(10)4-7/h1-2,4H,3,5H2. The van der Waals surface area contributed by atoms with Crippen LogP contribution < -0.4 is 0 Å². The molecule has 0 N–H and O–H groups in total. The Kier molecular flexibility index (Phi) is 3.28. The monoisotopic (exact) mass is 318 g/mol. The van der Waals surface area contributed by atoms with E-state index in [2.05, 4.69) is 31.9 Å². The van der Waals surface area contributed by atoms with E-state index < -0.39 is 11.6 Å². The smallest absolute Gasteiger partial charge is 0.170 e. The maximum atomic E-state index is 12.6. The average molecular weight is 320 g/mol. The quantitative estimate of drug-likeness (QED) is 0.636. The molecule has 74 valence electrons. The molecule has 0 fully saturated rings. The summed E-state index contributed by atoms with van der Waals surface area (Å²) in [5, 5.41) is -0.108. The minimum atomic E-state index is -4.21. The predicted molar refractivity (Wildman–Crippen MR) is 53.0 cm³/mol. The van der Waals surface area contributed by atoms with Gasteiger partial charge >= 0.3 is 6.18 Å². The fraction of sp³-hybridized carbons (Fsp3) is 0.500. The zero-order valence-corrected chi connectivity index (χ0v) is 9.71. The maximum Gasteiger partial charge on any atom is 0.398 e. The van der Waals surface area contributed by atoms with Crippen LogP contribution in [-0.2, 0) is 0 Å². The Bertz CT molecular complexity index is 255. The largest absolute Gasteiger partial charge is 0.398 e. The van der Waals surface area contributed by atoms with Crippen molar-refractivity contribution in [1.29, 1.82) is 0 Å². The number of halogens is 5. The van der Waals surface area contributed by atoms with Crippen LogP contribution in [-0.4, -0.2) is 11.5 Å². The highest BCUT2D eigenvalue weighted by atomic mass is 79.9. The molecule has 0 heterocycles. The summed E-state index contributed by atoms with van der Waals surface area (Å²) in [6, 6.07) is 0. The first kappa shape index (κ1) is 11.3. The number of allylic oxidation sites excluding steroid dienone is 4. The first-order valence-corrected chi connectivity index (χ1v) is 5.50. The van der Waals surface area contributed by atoms with Gasteiger partial charge in [0.15, 0.2) is 0 Å². The molecule has 0 aromatic carbocycles. The van der Waals surface area contributed by atoms with Gasteiger partial charge in [-0.3, -0.25) is 0 Å². The Balaban J connectivity index is 3.03. The number of rotatable bonds is 1. The van der Waals surface area contributed by atoms with Crippen LogP contribution in [0, 0.1) is 5.41 Å². The highest BCUT2D eigenvalue weighted by Crippen LogP contribution is 2.47. The molecule has 5 heteroatoms. The van der Waals surface area contributed by atoms with Crippen molar-refractivity contribution in [1.82, 2.24) is 0 Å². The molecule has 1 unspecified atom stereocenters. The van der Waals surface area contributed by atoms with E-state index >= 15 is 0 Å². The second-order valence-corrected chi connectivity index (χ2v) is 4.40. The van der Waals surface area contributed by atoms with Crippen molar-refractivity contribution in [2.75, 3.05) is 5.33 Å². The first-order chi connectivity index (χ1) is 5.91. The molecule has 13 heavy (non-hydrogen) atoms. The van der Waals surface area contributed by atoms with Gasteiger partial charge in [0, 0.05) is 9.81 Å². The second kappa shape index (κ2) is 3.77. The van der Waals surface area contributed by atoms with E-state index in [0.29, 0.717) is 4.48 Å². The molecular weight excluding hydrogens is 313 g/mol. The van der Waals surface area contributed by atoms with Crippen molar-refractivity contribution in [3.05, 3.63) is 22.7 Å². The lowest BCUT2D eigenvalue weighted by Crippen LogP contribution is -2.38. The molecular formula is C8H7Br2F3. The highest BCUT2D eigenvalue weighted by molar-refractivity contribution is 9.11. The molecule has 0 aromatic heterocycles. The summed E-state index contributed by atoms with van der Waals surface area (Å²) in [5.74, 6) is 0. The van der Waals surface area contributed by atoms with Crippen LogP contribution in [0.2, 0.25) is 0 Å². The summed E-state index contributed by atoms with van der Waals surface area (Å²) in [6.07, 6.45) is 0.157. The van der Waals surface area contributed by atoms with Crippen molar-refractivity contribution in [2.24, 2.45) is 5.41 Å². The van der Waals surface area contributed by atoms with E-state index in [9.17, 15) is 13.2 Å². The molecule has 0 saturated heterocycles. The molecule has 0 radical (unpaired) electrons. The van der Waals surface area contributed by atoms with Gasteiger partial charge < -0.3 is 0 Å². The summed E-state index contributed by atoms with van der Waals surface area (Å²) in [4.78, 5) is 0. The third kappa shape index (κ3) is 2.18. The Morgan fingerprint density at radius 2 is 2.08 bits per heavy atom. The van der Waals surface area contributed by atoms with Gasteiger partial charge in [-0.2, -0.15) is 13.2 Å². The number of alkyl halides is 4. The zero-order valence-electron chi connectivity index (χ0n) is 6.54. The van der Waals surface area contributed by atoms with Crippen molar-refractivity contribution < 1.29 is 13.2 Å². The van der Waals surface area contributed by atoms with E-state index in [-0.39, 0.29) is 11.8 Å². The lowest BCUT2D eigenvalue weighted by atomic mass is 9.83. The van der Waals surface area contributed by atoms with Crippen LogP contribution in [0.3, 0.4) is 0 Å². The number of hydrogen-bond acceptors (Lipinski definition) is 0. The third-order valence-electron chi connectivity index (χ3n) is 1.98. The van der Waals surface area contributed by atoms with Gasteiger partial charge in [-0.15, -0.1) is 0 Å². The van der Waals surface area contributed by atoms with Crippen molar-refractivity contribution >= 4 is 31.9 Å². The van der Waals surface area contributed by atoms with Crippen LogP contribution in [0.1, 0.15) is 6.42 Å². The molecule has 0 aliphatic heterocycles. The summed E-state index contributed by atoms with van der Waals surface area (Å²) in [7, 11) is 0. The van der Waals surface area contributed by atoms with Crippen molar-refractivity contribution in [3.8, 4) is 0 Å². The molecule has 1 aliphatic carbocycles. The molecule has 0 aromatic rings. The summed E-state index contributed by atoms with van der Waals surface area (Å²) in [5.41, 5.74) is -1.75. The molecule has 0 saturated carbocycles. The van der Waals surface area contributed by atoms with Gasteiger partial charge in [-0.25, -0.2) is 0 Å². The molecule has 0 amide bonds. The SMILES string of the molecule is FC(F)(F)C1(CBr)C=C(Br)C=CC1. The van der Waals surface area contributed by atoms with Gasteiger partial charge in [0.2, 0.25) is 0 Å². The minimum absolute atomic E-state index is 0.00313. The highest BCUT2D eigenvalue weighted by Gasteiger charge is 2.52. The molecule has 0 nitrogen and oxygen atoms in total. The predicted octanol–water partition coefficient (Wildman–Crippen LogP) is 4.17. The normalized spacial score (nSPS) is 28.8. The van der Waals surface area contributed by atoms with E-state index in [4.69, 9.17) is 0 Å². The Labute approximate surface area is 91.1 Å². The minimum Gasteiger partial charge on any atom is -0.170 e. The van der Waals surface area contributed by atoms with E-state index in [1.165, 1.54) is 12.2 Å². The van der Waals surface area contributed by atoms with Crippen LogP contribution in [0.5, 0.6) is 0 Å². The fourth-order valence-corrected chi connectivity index (χ4v) is 2.45. The first-order valence-electron chi connectivity index (χ1n) is 3.59. The topological polar surface area (TPSA) is 0 Å². The van der Waals surface area contributed by atoms with Gasteiger partial charge in [0.1, 0.15) is 0 Å². The third-order valence-corrected chi connectivity index (χ3v) is 3.47. The zero-order chi connectivity index (χ0) is 10.1. The summed E-state index contributed by atoms with van der Waals surface area (Å²) < 4.78 is 38.4. The lowest BCUT2D eigenvalue weighted by molar-refractivity contribution is -0.196. The molecule has 1 rings (SSSR count). The van der Waals surface area contributed by atoms with Crippen LogP contribution in [0.15, 0.2) is 22.7 Å². The summed E-state index contributed by atoms with van der Waals surface area (Å²) >= 11 is 5.96. The van der Waals surface area contributed by atoms with Crippen LogP contribution in [0.4, 0.5) is 13.2 Å². The Morgan fingerprint density at radius 1 is 1.46 bits per heavy atom. The molecule has 1 aliphatic rings. The molecule has 0 bridgehead atoms. The van der Waals surface area contributed by atoms with Crippen molar-refractivity contribution in [3.63, 3.8) is 0 Å². The van der Waals surface area contributed by atoms with Gasteiger partial charge in [-0.1, -0.05) is 50.1 Å². The van der Waals surface area contributed by atoms with Crippen LogP contribution in [0.25, 0.3) is 0 Å². The van der Waals surface area contributed by atoms with E-state index in [1.807, 2.05) is 0 Å². The summed E-state index contributed by atoms with van der Waals surface area (Å²) in [6.45, 7) is 0. The molecule has 0 spiro atoms. The van der Waals surface area contributed by atoms with Crippen LogP contribution >= 0.6 is 31.9 Å². The Morgan fingerprint density at radius 3 is 2.38 bits per heavy atom. The number of hydrogen-bond donors (Lipinski definition) is 0. The molecule has 1 atom stereocenters. The fourth-order valence-electron chi connectivity index (χ4n) is 1.12. The second-order valence-electron chi connectivity index (χ2n) is 2.92. The average Bonchev–Trinajstić information content (AvgIpc) is 2.02. The van der Waals surface area contributed by atoms with E-state index in [0.717, 1.165) is 0 Å². The Hall–Kier alpha value is 0.230.